The molecule has 0 radical (unpaired) electrons. The summed E-state index contributed by atoms with van der Waals surface area (Å²) in [5.74, 6) is 1.89. The van der Waals surface area contributed by atoms with Crippen LogP contribution in [0.5, 0.6) is 0 Å². The van der Waals surface area contributed by atoms with Crippen molar-refractivity contribution in [1.82, 2.24) is 4.90 Å². The van der Waals surface area contributed by atoms with Gasteiger partial charge in [-0.1, -0.05) is 6.92 Å². The molecule has 5 heteroatoms. The van der Waals surface area contributed by atoms with E-state index < -0.39 is 0 Å². The molecular weight excluding hydrogens is 244 g/mol. The summed E-state index contributed by atoms with van der Waals surface area (Å²) in [5, 5.41) is 0. The first-order chi connectivity index (χ1) is 7.19. The highest BCUT2D eigenvalue weighted by atomic mass is 35.5. The Morgan fingerprint density at radius 2 is 2.31 bits per heavy atom. The van der Waals surface area contributed by atoms with Crippen molar-refractivity contribution in [1.29, 1.82) is 0 Å². The number of halogens is 1. The number of nitrogens with two attached hydrogens (primary N) is 1. The highest BCUT2D eigenvalue weighted by molar-refractivity contribution is 7.98. The highest BCUT2D eigenvalue weighted by Gasteiger charge is 2.25. The monoisotopic (exact) mass is 266 g/mol. The normalized spacial score (nSPS) is 22.4. The number of carbonyl (C=O) groups excluding carboxylic acids is 1. The van der Waals surface area contributed by atoms with Gasteiger partial charge in [-0.25, -0.2) is 0 Å². The number of thioether (sulfide) groups is 1. The molecule has 0 aliphatic carbocycles. The van der Waals surface area contributed by atoms with Crippen LogP contribution in [0.3, 0.4) is 0 Å². The van der Waals surface area contributed by atoms with E-state index in [1.54, 1.807) is 11.8 Å². The van der Waals surface area contributed by atoms with Crippen LogP contribution >= 0.6 is 24.2 Å². The number of hydrogen-bond donors (Lipinski definition) is 1. The van der Waals surface area contributed by atoms with Gasteiger partial charge in [-0.15, -0.1) is 12.4 Å². The predicted molar refractivity (Wildman–Crippen MR) is 73.2 cm³/mol. The van der Waals surface area contributed by atoms with Crippen LogP contribution in [0.2, 0.25) is 0 Å². The summed E-state index contributed by atoms with van der Waals surface area (Å²) in [6, 6.07) is 0. The molecule has 1 amide bonds. The average molecular weight is 267 g/mol. The third kappa shape index (κ3) is 4.52. The van der Waals surface area contributed by atoms with Crippen molar-refractivity contribution < 1.29 is 4.79 Å². The molecule has 0 aromatic rings. The molecule has 16 heavy (non-hydrogen) atoms. The first kappa shape index (κ1) is 16.1. The molecule has 2 atom stereocenters. The fourth-order valence-corrected chi connectivity index (χ4v) is 2.73. The Balaban J connectivity index is 0.00000225. The zero-order chi connectivity index (χ0) is 11.3. The van der Waals surface area contributed by atoms with Gasteiger partial charge in [-0.2, -0.15) is 11.8 Å². The van der Waals surface area contributed by atoms with E-state index in [1.165, 1.54) is 6.42 Å². The molecule has 1 aliphatic heterocycles. The van der Waals surface area contributed by atoms with Crippen molar-refractivity contribution in [3.8, 4) is 0 Å². The fourth-order valence-electron chi connectivity index (χ4n) is 2.09. The molecule has 2 unspecified atom stereocenters. The number of carbonyl (C=O) groups is 1. The van der Waals surface area contributed by atoms with E-state index in [4.69, 9.17) is 5.73 Å². The summed E-state index contributed by atoms with van der Waals surface area (Å²) in [6.45, 7) is 4.52. The third-order valence-corrected chi connectivity index (χ3v) is 3.84. The predicted octanol–water partition coefficient (Wildman–Crippen LogP) is 1.60. The standard InChI is InChI=1S/C11H22N2OS.ClH/c1-9(8-15-2)11(14)13-5-3-4-10(6-12)7-13;/h9-10H,3-8,12H2,1-2H3;1H. The summed E-state index contributed by atoms with van der Waals surface area (Å²) in [4.78, 5) is 14.0. The topological polar surface area (TPSA) is 46.3 Å². The van der Waals surface area contributed by atoms with E-state index in [0.29, 0.717) is 18.4 Å². The third-order valence-electron chi connectivity index (χ3n) is 3.00. The molecule has 0 aromatic carbocycles. The molecule has 1 fully saturated rings. The van der Waals surface area contributed by atoms with Crippen LogP contribution in [0.25, 0.3) is 0 Å². The average Bonchev–Trinajstić information content (AvgIpc) is 2.28. The van der Waals surface area contributed by atoms with Crippen LogP contribution in [0.1, 0.15) is 19.8 Å². The molecule has 96 valence electrons. The van der Waals surface area contributed by atoms with E-state index >= 15 is 0 Å². The number of nitrogens with zero attached hydrogens (tertiary/aromatic N) is 1. The molecule has 1 aliphatic rings. The van der Waals surface area contributed by atoms with E-state index in [2.05, 4.69) is 0 Å². The lowest BCUT2D eigenvalue weighted by Crippen LogP contribution is -2.44. The zero-order valence-corrected chi connectivity index (χ0v) is 11.8. The van der Waals surface area contributed by atoms with Crippen LogP contribution in [0.15, 0.2) is 0 Å². The van der Waals surface area contributed by atoms with E-state index in [-0.39, 0.29) is 18.3 Å². The van der Waals surface area contributed by atoms with Gasteiger partial charge in [-0.3, -0.25) is 4.79 Å². The zero-order valence-electron chi connectivity index (χ0n) is 10.1. The van der Waals surface area contributed by atoms with E-state index in [0.717, 1.165) is 25.3 Å². The van der Waals surface area contributed by atoms with Gasteiger partial charge in [0, 0.05) is 24.8 Å². The maximum absolute atomic E-state index is 12.0. The molecule has 0 saturated carbocycles. The van der Waals surface area contributed by atoms with Gasteiger partial charge in [-0.05, 0) is 31.6 Å². The van der Waals surface area contributed by atoms with Gasteiger partial charge in [0.25, 0.3) is 0 Å². The maximum atomic E-state index is 12.0. The van der Waals surface area contributed by atoms with E-state index in [1.807, 2.05) is 18.1 Å². The van der Waals surface area contributed by atoms with Gasteiger partial charge in [0.2, 0.25) is 5.91 Å². The Morgan fingerprint density at radius 3 is 2.88 bits per heavy atom. The molecule has 3 nitrogen and oxygen atoms in total. The first-order valence-electron chi connectivity index (χ1n) is 5.66. The van der Waals surface area contributed by atoms with Crippen LogP contribution in [-0.2, 0) is 4.79 Å². The second-order valence-electron chi connectivity index (χ2n) is 4.38. The summed E-state index contributed by atoms with van der Waals surface area (Å²) < 4.78 is 0. The molecule has 1 rings (SSSR count). The Bertz CT molecular complexity index is 216. The largest absolute Gasteiger partial charge is 0.342 e. The first-order valence-corrected chi connectivity index (χ1v) is 7.06. The molecule has 1 heterocycles. The number of amides is 1. The minimum absolute atomic E-state index is 0. The number of hydrogen-bond acceptors (Lipinski definition) is 3. The van der Waals surface area contributed by atoms with Crippen molar-refractivity contribution in [2.24, 2.45) is 17.6 Å². The van der Waals surface area contributed by atoms with Gasteiger partial charge in [0.15, 0.2) is 0 Å². The number of rotatable bonds is 4. The second-order valence-corrected chi connectivity index (χ2v) is 5.30. The summed E-state index contributed by atoms with van der Waals surface area (Å²) >= 11 is 1.74. The van der Waals surface area contributed by atoms with Crippen molar-refractivity contribution in [2.75, 3.05) is 31.6 Å². The number of piperidine rings is 1. The molecule has 0 bridgehead atoms. The summed E-state index contributed by atoms with van der Waals surface area (Å²) in [6.07, 6.45) is 4.33. The highest BCUT2D eigenvalue weighted by Crippen LogP contribution is 2.18. The smallest absolute Gasteiger partial charge is 0.226 e. The van der Waals surface area contributed by atoms with Crippen LogP contribution < -0.4 is 5.73 Å². The Labute approximate surface area is 109 Å². The van der Waals surface area contributed by atoms with Gasteiger partial charge in [0.05, 0.1) is 0 Å². The SMILES string of the molecule is CSCC(C)C(=O)N1CCCC(CN)C1.Cl. The molecule has 0 aromatic heterocycles. The van der Waals surface area contributed by atoms with Gasteiger partial charge in [0.1, 0.15) is 0 Å². The van der Waals surface area contributed by atoms with Crippen LogP contribution in [0, 0.1) is 11.8 Å². The number of likely N-dealkylation sites (tertiary alicyclic amines) is 1. The van der Waals surface area contributed by atoms with E-state index in [9.17, 15) is 4.79 Å². The van der Waals surface area contributed by atoms with Crippen molar-refractivity contribution in [3.05, 3.63) is 0 Å². The maximum Gasteiger partial charge on any atom is 0.226 e. The molecule has 1 saturated heterocycles. The quantitative estimate of drug-likeness (QED) is 0.841. The second kappa shape index (κ2) is 8.20. The minimum Gasteiger partial charge on any atom is -0.342 e. The van der Waals surface area contributed by atoms with Crippen molar-refractivity contribution in [2.45, 2.75) is 19.8 Å². The lowest BCUT2D eigenvalue weighted by molar-refractivity contribution is -0.136. The van der Waals surface area contributed by atoms with Gasteiger partial charge < -0.3 is 10.6 Å². The lowest BCUT2D eigenvalue weighted by atomic mass is 9.97. The minimum atomic E-state index is 0. The lowest BCUT2D eigenvalue weighted by Gasteiger charge is -2.33. The summed E-state index contributed by atoms with van der Waals surface area (Å²) in [5.41, 5.74) is 5.66. The molecule has 0 spiro atoms. The van der Waals surface area contributed by atoms with Crippen molar-refractivity contribution >= 4 is 30.1 Å². The van der Waals surface area contributed by atoms with Crippen molar-refractivity contribution in [3.63, 3.8) is 0 Å². The fraction of sp³-hybridized carbons (Fsp3) is 0.909. The van der Waals surface area contributed by atoms with Crippen LogP contribution in [0.4, 0.5) is 0 Å². The Kier molecular flexibility index (Phi) is 8.24. The molecule has 2 N–H and O–H groups in total. The van der Waals surface area contributed by atoms with Gasteiger partial charge >= 0.3 is 0 Å². The Morgan fingerprint density at radius 1 is 1.62 bits per heavy atom. The summed E-state index contributed by atoms with van der Waals surface area (Å²) in [7, 11) is 0. The van der Waals surface area contributed by atoms with Crippen LogP contribution in [-0.4, -0.2) is 42.4 Å². The molecular formula is C11H23ClN2OS. The Hall–Kier alpha value is 0.0700.